The van der Waals surface area contributed by atoms with Crippen LogP contribution in [0.15, 0.2) is 24.3 Å². The van der Waals surface area contributed by atoms with Crippen molar-refractivity contribution in [3.8, 4) is 11.6 Å². The molecule has 0 saturated carbocycles. The Bertz CT molecular complexity index is 657. The van der Waals surface area contributed by atoms with Gasteiger partial charge in [-0.25, -0.2) is 4.79 Å². The molecule has 2 aromatic rings. The van der Waals surface area contributed by atoms with Gasteiger partial charge in [-0.2, -0.15) is 5.10 Å². The van der Waals surface area contributed by atoms with Crippen LogP contribution in [0, 0.1) is 3.57 Å². The maximum absolute atomic E-state index is 11.6. The molecule has 0 saturated heterocycles. The molecule has 110 valence electrons. The molecule has 0 amide bonds. The summed E-state index contributed by atoms with van der Waals surface area (Å²) in [7, 11) is 0. The Morgan fingerprint density at radius 2 is 1.86 bits per heavy atom. The third-order valence-corrected chi connectivity index (χ3v) is 3.78. The van der Waals surface area contributed by atoms with E-state index < -0.39 is 5.97 Å². The molecule has 0 spiro atoms. The van der Waals surface area contributed by atoms with Crippen LogP contribution >= 0.6 is 22.6 Å². The van der Waals surface area contributed by atoms with Crippen molar-refractivity contribution in [3.05, 3.63) is 44.7 Å². The van der Waals surface area contributed by atoms with E-state index in [1.165, 1.54) is 0 Å². The smallest absolute Gasteiger partial charge is 0.341 e. The van der Waals surface area contributed by atoms with Crippen molar-refractivity contribution < 1.29 is 14.6 Å². The molecule has 21 heavy (non-hydrogen) atoms. The van der Waals surface area contributed by atoms with Crippen LogP contribution in [0.3, 0.4) is 0 Å². The van der Waals surface area contributed by atoms with Gasteiger partial charge in [-0.1, -0.05) is 13.8 Å². The Hall–Kier alpha value is -1.70. The van der Waals surface area contributed by atoms with Crippen LogP contribution in [0.2, 0.25) is 0 Å². The zero-order chi connectivity index (χ0) is 15.4. The summed E-state index contributed by atoms with van der Waals surface area (Å²) in [5.41, 5.74) is 1.48. The molecule has 0 radical (unpaired) electrons. The molecule has 1 N–H and O–H groups in total. The van der Waals surface area contributed by atoms with Gasteiger partial charge in [0, 0.05) is 3.57 Å². The van der Waals surface area contributed by atoms with E-state index in [9.17, 15) is 9.90 Å². The number of nitrogens with zero attached hydrogens (tertiary/aromatic N) is 2. The number of benzene rings is 1. The van der Waals surface area contributed by atoms with E-state index >= 15 is 0 Å². The number of hydrogen-bond donors (Lipinski definition) is 1. The minimum Gasteiger partial charge on any atom is -0.477 e. The lowest BCUT2D eigenvalue weighted by atomic mass is 10.0. The number of ether oxygens (including phenoxy) is 1. The van der Waals surface area contributed by atoms with Gasteiger partial charge in [0.15, 0.2) is 0 Å². The zero-order valence-electron chi connectivity index (χ0n) is 11.8. The molecule has 2 rings (SSSR count). The Balaban J connectivity index is 2.48. The van der Waals surface area contributed by atoms with Gasteiger partial charge in [0.05, 0.1) is 5.69 Å². The fourth-order valence-corrected chi connectivity index (χ4v) is 2.42. The van der Waals surface area contributed by atoms with Crippen molar-refractivity contribution >= 4 is 28.6 Å². The molecule has 0 aliphatic rings. The van der Waals surface area contributed by atoms with Crippen molar-refractivity contribution in [1.82, 2.24) is 10.2 Å². The first kappa shape index (κ1) is 15.7. The zero-order valence-corrected chi connectivity index (χ0v) is 13.9. The van der Waals surface area contributed by atoms with Crippen molar-refractivity contribution in [2.45, 2.75) is 26.7 Å². The number of carboxylic acid groups (broad SMARTS) is 1. The molecule has 1 aromatic heterocycles. The summed E-state index contributed by atoms with van der Waals surface area (Å²) in [6, 6.07) is 7.30. The fraction of sp³-hybridized carbons (Fsp3) is 0.267. The summed E-state index contributed by atoms with van der Waals surface area (Å²) in [6.45, 7) is 3.83. The molecular weight excluding hydrogens is 383 g/mol. The summed E-state index contributed by atoms with van der Waals surface area (Å²) in [5, 5.41) is 17.5. The van der Waals surface area contributed by atoms with Crippen LogP contribution in [-0.2, 0) is 12.8 Å². The molecule has 0 aliphatic heterocycles. The summed E-state index contributed by atoms with van der Waals surface area (Å²) >= 11 is 2.19. The quantitative estimate of drug-likeness (QED) is 0.778. The van der Waals surface area contributed by atoms with Gasteiger partial charge in [0.1, 0.15) is 11.3 Å². The van der Waals surface area contributed by atoms with Gasteiger partial charge in [0.2, 0.25) is 0 Å². The first-order valence-electron chi connectivity index (χ1n) is 6.61. The molecule has 6 heteroatoms. The topological polar surface area (TPSA) is 72.3 Å². The average Bonchev–Trinajstić information content (AvgIpc) is 2.48. The molecule has 0 aliphatic carbocycles. The highest BCUT2D eigenvalue weighted by molar-refractivity contribution is 14.1. The average molecular weight is 398 g/mol. The maximum atomic E-state index is 11.6. The number of halogens is 1. The Morgan fingerprint density at radius 3 is 2.38 bits per heavy atom. The van der Waals surface area contributed by atoms with Gasteiger partial charge >= 0.3 is 5.97 Å². The second-order valence-electron chi connectivity index (χ2n) is 4.37. The van der Waals surface area contributed by atoms with Gasteiger partial charge in [-0.15, -0.1) is 5.10 Å². The second-order valence-corrected chi connectivity index (χ2v) is 5.62. The van der Waals surface area contributed by atoms with E-state index in [-0.39, 0.29) is 11.4 Å². The molecule has 0 unspecified atom stereocenters. The first-order chi connectivity index (χ1) is 10.1. The standard InChI is InChI=1S/C15H15IN2O3/c1-3-11-12(4-2)17-18-14(13(11)15(19)20)21-10-7-5-9(16)6-8-10/h5-8H,3-4H2,1-2H3,(H,19,20). The number of aryl methyl sites for hydroxylation is 1. The molecule has 1 aromatic carbocycles. The summed E-state index contributed by atoms with van der Waals surface area (Å²) in [4.78, 5) is 11.6. The highest BCUT2D eigenvalue weighted by Crippen LogP contribution is 2.27. The van der Waals surface area contributed by atoms with E-state index in [0.29, 0.717) is 29.8 Å². The monoisotopic (exact) mass is 398 g/mol. The van der Waals surface area contributed by atoms with Crippen LogP contribution < -0.4 is 4.74 Å². The predicted octanol–water partition coefficient (Wildman–Crippen LogP) is 3.70. The van der Waals surface area contributed by atoms with Gasteiger partial charge in [0.25, 0.3) is 5.88 Å². The lowest BCUT2D eigenvalue weighted by molar-refractivity contribution is 0.0691. The van der Waals surface area contributed by atoms with Crippen LogP contribution in [0.4, 0.5) is 0 Å². The predicted molar refractivity (Wildman–Crippen MR) is 87.0 cm³/mol. The molecule has 0 atom stereocenters. The second kappa shape index (κ2) is 6.84. The lowest BCUT2D eigenvalue weighted by Gasteiger charge is -2.12. The highest BCUT2D eigenvalue weighted by atomic mass is 127. The summed E-state index contributed by atoms with van der Waals surface area (Å²) < 4.78 is 6.68. The SMILES string of the molecule is CCc1nnc(Oc2ccc(I)cc2)c(C(=O)O)c1CC. The minimum atomic E-state index is -1.04. The maximum Gasteiger partial charge on any atom is 0.341 e. The number of carboxylic acids is 1. The number of aromatic nitrogens is 2. The van der Waals surface area contributed by atoms with Crippen molar-refractivity contribution in [1.29, 1.82) is 0 Å². The molecule has 5 nitrogen and oxygen atoms in total. The van der Waals surface area contributed by atoms with Gasteiger partial charge in [-0.3, -0.25) is 0 Å². The fourth-order valence-electron chi connectivity index (χ4n) is 2.06. The molecule has 0 fully saturated rings. The molecular formula is C15H15IN2O3. The van der Waals surface area contributed by atoms with Crippen LogP contribution in [0.25, 0.3) is 0 Å². The third kappa shape index (κ3) is 3.49. The number of carbonyl (C=O) groups is 1. The van der Waals surface area contributed by atoms with E-state index in [2.05, 4.69) is 32.8 Å². The minimum absolute atomic E-state index is 0.0396. The lowest BCUT2D eigenvalue weighted by Crippen LogP contribution is -2.11. The normalized spacial score (nSPS) is 10.4. The van der Waals surface area contributed by atoms with E-state index in [0.717, 1.165) is 3.57 Å². The van der Waals surface area contributed by atoms with Crippen LogP contribution in [-0.4, -0.2) is 21.3 Å². The van der Waals surface area contributed by atoms with Crippen LogP contribution in [0.1, 0.15) is 35.5 Å². The van der Waals surface area contributed by atoms with Gasteiger partial charge in [-0.05, 0) is 65.3 Å². The van der Waals surface area contributed by atoms with E-state index in [4.69, 9.17) is 4.74 Å². The first-order valence-corrected chi connectivity index (χ1v) is 7.69. The highest BCUT2D eigenvalue weighted by Gasteiger charge is 2.22. The third-order valence-electron chi connectivity index (χ3n) is 3.06. The van der Waals surface area contributed by atoms with E-state index in [1.807, 2.05) is 26.0 Å². The summed E-state index contributed by atoms with van der Waals surface area (Å²) in [6.07, 6.45) is 1.21. The van der Waals surface area contributed by atoms with Crippen molar-refractivity contribution in [3.63, 3.8) is 0 Å². The van der Waals surface area contributed by atoms with E-state index in [1.54, 1.807) is 12.1 Å². The molecule has 0 bridgehead atoms. The Labute approximate surface area is 136 Å². The number of aromatic carboxylic acids is 1. The number of rotatable bonds is 5. The number of hydrogen-bond acceptors (Lipinski definition) is 4. The largest absolute Gasteiger partial charge is 0.477 e. The van der Waals surface area contributed by atoms with Crippen molar-refractivity contribution in [2.24, 2.45) is 0 Å². The Morgan fingerprint density at radius 1 is 1.19 bits per heavy atom. The summed E-state index contributed by atoms with van der Waals surface area (Å²) in [5.74, 6) is -0.465. The Kier molecular flexibility index (Phi) is 5.11. The van der Waals surface area contributed by atoms with Crippen LogP contribution in [0.5, 0.6) is 11.6 Å². The molecule has 1 heterocycles. The van der Waals surface area contributed by atoms with Gasteiger partial charge < -0.3 is 9.84 Å². The van der Waals surface area contributed by atoms with Crippen molar-refractivity contribution in [2.75, 3.05) is 0 Å².